The van der Waals surface area contributed by atoms with Gasteiger partial charge in [0.25, 0.3) is 6.71 Å². The van der Waals surface area contributed by atoms with E-state index in [1.807, 2.05) is 0 Å². The Balaban J connectivity index is 1.11. The average Bonchev–Trinajstić information content (AvgIpc) is 1.23. The number of para-hydroxylation sites is 2. The van der Waals surface area contributed by atoms with Gasteiger partial charge in [-0.15, -0.1) is 0 Å². The molecule has 0 fully saturated rings. The van der Waals surface area contributed by atoms with Crippen molar-refractivity contribution in [3.8, 4) is 16.8 Å². The van der Waals surface area contributed by atoms with E-state index in [1.54, 1.807) is 0 Å². The maximum Gasteiger partial charge on any atom is 0.252 e. The fraction of sp³-hybridized carbons (Fsp3) is 0.221. The molecule has 4 nitrogen and oxygen atoms in total. The number of aryl methyl sites for hydroxylation is 1. The van der Waals surface area contributed by atoms with Gasteiger partial charge in [-0.25, -0.2) is 0 Å². The zero-order chi connectivity index (χ0) is 57.2. The van der Waals surface area contributed by atoms with E-state index < -0.39 is 0 Å². The maximum atomic E-state index is 2.63. The molecule has 0 saturated carbocycles. The van der Waals surface area contributed by atoms with Crippen LogP contribution in [0.3, 0.4) is 0 Å². The van der Waals surface area contributed by atoms with Gasteiger partial charge in [0, 0.05) is 67.5 Å². The number of fused-ring (bicyclic) bond motifs is 7. The lowest BCUT2D eigenvalue weighted by Crippen LogP contribution is -2.61. The minimum Gasteiger partial charge on any atom is -0.311 e. The Hall–Kier alpha value is -8.54. The predicted octanol–water partition coefficient (Wildman–Crippen LogP) is 19.5. The number of benzene rings is 10. The molecular weight excluding hydrogens is 992 g/mol. The molecule has 2 aliphatic heterocycles. The number of aromatic nitrogens is 1. The first-order chi connectivity index (χ1) is 39.1. The monoisotopic (exact) mass is 1070 g/mol. The molecule has 82 heavy (non-hydrogen) atoms. The Morgan fingerprint density at radius 1 is 0.341 bits per heavy atom. The predicted molar refractivity (Wildman–Crippen MR) is 354 cm³/mol. The van der Waals surface area contributed by atoms with Crippen molar-refractivity contribution in [1.82, 2.24) is 4.57 Å². The summed E-state index contributed by atoms with van der Waals surface area (Å²) in [5.41, 5.74) is 26.5. The summed E-state index contributed by atoms with van der Waals surface area (Å²) >= 11 is 0. The smallest absolute Gasteiger partial charge is 0.252 e. The Morgan fingerprint density at radius 3 is 1.48 bits per heavy atom. The highest BCUT2D eigenvalue weighted by Gasteiger charge is 2.45. The van der Waals surface area contributed by atoms with Crippen molar-refractivity contribution in [2.75, 3.05) is 14.7 Å². The molecule has 13 rings (SSSR count). The van der Waals surface area contributed by atoms with E-state index in [2.05, 4.69) is 328 Å². The zero-order valence-electron chi connectivity index (χ0n) is 50.2. The zero-order valence-corrected chi connectivity index (χ0v) is 50.2. The summed E-state index contributed by atoms with van der Waals surface area (Å²) in [6.07, 6.45) is 0. The van der Waals surface area contributed by atoms with Crippen molar-refractivity contribution in [2.45, 2.75) is 112 Å². The highest BCUT2D eigenvalue weighted by atomic mass is 15.2. The summed E-state index contributed by atoms with van der Waals surface area (Å²) in [6.45, 7) is 30.0. The molecule has 10 aromatic carbocycles. The number of hydrogen-bond donors (Lipinski definition) is 0. The van der Waals surface area contributed by atoms with Crippen LogP contribution in [0.15, 0.2) is 218 Å². The van der Waals surface area contributed by atoms with Gasteiger partial charge in [0.2, 0.25) is 0 Å². The van der Waals surface area contributed by atoms with Crippen LogP contribution >= 0.6 is 0 Å². The van der Waals surface area contributed by atoms with Gasteiger partial charge in [0.1, 0.15) is 0 Å². The van der Waals surface area contributed by atoms with Gasteiger partial charge >= 0.3 is 0 Å². The molecule has 0 radical (unpaired) electrons. The fourth-order valence-corrected chi connectivity index (χ4v) is 12.9. The van der Waals surface area contributed by atoms with Crippen LogP contribution in [0.4, 0.5) is 51.2 Å². The topological polar surface area (TPSA) is 14.7 Å². The number of nitrogens with zero attached hydrogens (tertiary/aromatic N) is 4. The van der Waals surface area contributed by atoms with Crippen LogP contribution < -0.4 is 31.1 Å². The summed E-state index contributed by atoms with van der Waals surface area (Å²) < 4.78 is 2.43. The molecular formula is C77H75BN4. The quantitative estimate of drug-likeness (QED) is 0.148. The van der Waals surface area contributed by atoms with Crippen LogP contribution in [0.1, 0.15) is 111 Å². The fourth-order valence-electron chi connectivity index (χ4n) is 12.9. The third-order valence-corrected chi connectivity index (χ3v) is 17.4. The summed E-state index contributed by atoms with van der Waals surface area (Å²) in [7, 11) is 0. The molecule has 2 aliphatic rings. The first-order valence-corrected chi connectivity index (χ1v) is 29.4. The Labute approximate surface area is 487 Å². The van der Waals surface area contributed by atoms with Crippen molar-refractivity contribution < 1.29 is 0 Å². The number of hydrogen-bond acceptors (Lipinski definition) is 3. The molecule has 0 amide bonds. The SMILES string of the molecule is Cc1cc2c3c(c1)N(c1ccc(C(C)(C)C)cc1-c1ccccc1)c1cc(N(c4ccc(C(C)(C)C)cc4)c4ccc5c6ccccc6n(-c6ccccc6)c5c4)ccc1B3c1ccc(C(C)(C)C)cc1N2c1ccc(C(C)(C)C)cc1. The van der Waals surface area contributed by atoms with Crippen molar-refractivity contribution in [3.63, 3.8) is 0 Å². The lowest BCUT2D eigenvalue weighted by molar-refractivity contribution is 0.590. The molecule has 0 spiro atoms. The second kappa shape index (κ2) is 19.3. The van der Waals surface area contributed by atoms with Crippen LogP contribution in [0, 0.1) is 6.92 Å². The average molecular weight is 1070 g/mol. The highest BCUT2D eigenvalue weighted by molar-refractivity contribution is 7.00. The summed E-state index contributed by atoms with van der Waals surface area (Å²) in [4.78, 5) is 7.69. The van der Waals surface area contributed by atoms with Gasteiger partial charge in [-0.3, -0.25) is 0 Å². The van der Waals surface area contributed by atoms with Crippen molar-refractivity contribution in [3.05, 3.63) is 246 Å². The van der Waals surface area contributed by atoms with Crippen molar-refractivity contribution in [1.29, 1.82) is 0 Å². The van der Waals surface area contributed by atoms with E-state index in [1.165, 1.54) is 88.7 Å². The van der Waals surface area contributed by atoms with Gasteiger partial charge in [-0.05, 0) is 175 Å². The molecule has 3 heterocycles. The molecule has 406 valence electrons. The van der Waals surface area contributed by atoms with Gasteiger partial charge < -0.3 is 19.3 Å². The van der Waals surface area contributed by atoms with Crippen LogP contribution in [-0.4, -0.2) is 11.3 Å². The van der Waals surface area contributed by atoms with E-state index in [-0.39, 0.29) is 28.4 Å². The second-order valence-corrected chi connectivity index (χ2v) is 27.3. The lowest BCUT2D eigenvalue weighted by Gasteiger charge is -2.45. The molecule has 0 aliphatic carbocycles. The minimum atomic E-state index is -0.0718. The van der Waals surface area contributed by atoms with Gasteiger partial charge in [0.05, 0.1) is 16.7 Å². The minimum absolute atomic E-state index is 0.00994. The standard InChI is InChI=1S/C77H75BN4/c1-50-44-71-73-72(45-50)82(67-43-33-54(76(8,9)10)46-63(67)51-22-16-14-17-23-51)70-49-60(39-42-65(70)78(73)64-41-32-55(77(11,12)13)47-69(64)81(71)58-36-30-53(31-37-58)75(5,6)7)79(57-34-28-52(29-35-57)74(2,3)4)59-38-40-62-61-26-20-21-27-66(61)80(68(62)48-59)56-24-18-15-19-25-56/h14-49H,1-13H3. The highest BCUT2D eigenvalue weighted by Crippen LogP contribution is 2.50. The van der Waals surface area contributed by atoms with Crippen molar-refractivity contribution in [2.24, 2.45) is 0 Å². The molecule has 0 N–H and O–H groups in total. The van der Waals surface area contributed by atoms with Crippen LogP contribution in [0.25, 0.3) is 38.6 Å². The molecule has 0 saturated heterocycles. The first kappa shape index (κ1) is 52.8. The van der Waals surface area contributed by atoms with Gasteiger partial charge in [0.15, 0.2) is 0 Å². The number of rotatable bonds is 7. The van der Waals surface area contributed by atoms with Crippen molar-refractivity contribution >= 4 is 96.1 Å². The lowest BCUT2D eigenvalue weighted by atomic mass is 9.33. The summed E-state index contributed by atoms with van der Waals surface area (Å²) in [6, 6.07) is 83.3. The molecule has 5 heteroatoms. The van der Waals surface area contributed by atoms with E-state index in [0.717, 1.165) is 45.3 Å². The van der Waals surface area contributed by atoms with Gasteiger partial charge in [-0.2, -0.15) is 0 Å². The molecule has 0 unspecified atom stereocenters. The molecule has 0 atom stereocenters. The summed E-state index contributed by atoms with van der Waals surface area (Å²) in [5, 5.41) is 2.46. The number of anilines is 9. The van der Waals surface area contributed by atoms with Crippen LogP contribution in [-0.2, 0) is 21.7 Å². The van der Waals surface area contributed by atoms with Crippen LogP contribution in [0.2, 0.25) is 0 Å². The van der Waals surface area contributed by atoms with E-state index >= 15 is 0 Å². The summed E-state index contributed by atoms with van der Waals surface area (Å²) in [5.74, 6) is 0. The Kier molecular flexibility index (Phi) is 12.4. The molecule has 11 aromatic rings. The van der Waals surface area contributed by atoms with Crippen LogP contribution in [0.5, 0.6) is 0 Å². The first-order valence-electron chi connectivity index (χ1n) is 29.4. The molecule has 0 bridgehead atoms. The van der Waals surface area contributed by atoms with E-state index in [4.69, 9.17) is 0 Å². The molecule has 1 aromatic heterocycles. The third-order valence-electron chi connectivity index (χ3n) is 17.4. The second-order valence-electron chi connectivity index (χ2n) is 27.3. The Morgan fingerprint density at radius 2 is 0.829 bits per heavy atom. The Bertz CT molecular complexity index is 4260. The third kappa shape index (κ3) is 9.01. The largest absolute Gasteiger partial charge is 0.311 e. The van der Waals surface area contributed by atoms with E-state index in [0.29, 0.717) is 0 Å². The van der Waals surface area contributed by atoms with Gasteiger partial charge in [-0.1, -0.05) is 204 Å². The van der Waals surface area contributed by atoms with E-state index in [9.17, 15) is 0 Å². The maximum absolute atomic E-state index is 2.63. The normalized spacial score (nSPS) is 13.4.